The molecule has 3 rings (SSSR count). The van der Waals surface area contributed by atoms with Crippen molar-refractivity contribution in [2.75, 3.05) is 0 Å². The summed E-state index contributed by atoms with van der Waals surface area (Å²) in [7, 11) is 0. The number of rotatable bonds is 4. The number of carbonyl (C=O) groups excluding carboxylic acids is 1. The van der Waals surface area contributed by atoms with Crippen LogP contribution in [0.3, 0.4) is 0 Å². The molecular weight excluding hydrogens is 338 g/mol. The zero-order valence-corrected chi connectivity index (χ0v) is 14.0. The minimum absolute atomic E-state index is 0.0414. The Bertz CT molecular complexity index is 867. The molecule has 2 N–H and O–H groups in total. The number of nitrogens with zero attached hydrogens (tertiary/aromatic N) is 1. The van der Waals surface area contributed by atoms with Crippen LogP contribution in [0.1, 0.15) is 22.0 Å². The van der Waals surface area contributed by atoms with Crippen LogP contribution in [0.4, 0.5) is 5.69 Å². The highest BCUT2D eigenvalue weighted by atomic mass is 32.1. The van der Waals surface area contributed by atoms with Gasteiger partial charge >= 0.3 is 0 Å². The van der Waals surface area contributed by atoms with Gasteiger partial charge in [0.15, 0.2) is 10.9 Å². The zero-order chi connectivity index (χ0) is 18.0. The standard InChI is InChI=1S/C18H15N3O3S/c1-11-15(17(22)12-6-3-2-4-7-12)16(20-18(25)19-11)13-8-5-9-14(10-13)21(23)24/h2-10,15-16H,1H2,(H2,19,20,25)/t15-,16-/m0/s1. The monoisotopic (exact) mass is 353 g/mol. The molecule has 0 aliphatic carbocycles. The van der Waals surface area contributed by atoms with Crippen LogP contribution in [0.15, 0.2) is 66.9 Å². The third-order valence-corrected chi connectivity index (χ3v) is 4.27. The molecule has 0 amide bonds. The molecule has 0 radical (unpaired) electrons. The molecule has 1 heterocycles. The topological polar surface area (TPSA) is 84.3 Å². The lowest BCUT2D eigenvalue weighted by atomic mass is 9.83. The number of nitrogens with one attached hydrogen (secondary N) is 2. The Kier molecular flexibility index (Phi) is 4.58. The average molecular weight is 353 g/mol. The average Bonchev–Trinajstić information content (AvgIpc) is 2.61. The molecule has 1 fully saturated rings. The number of hydrogen-bond acceptors (Lipinski definition) is 4. The highest BCUT2D eigenvalue weighted by Gasteiger charge is 2.37. The van der Waals surface area contributed by atoms with Crippen LogP contribution in [0, 0.1) is 16.0 Å². The summed E-state index contributed by atoms with van der Waals surface area (Å²) < 4.78 is 0. The number of thiocarbonyl (C=S) groups is 1. The van der Waals surface area contributed by atoms with Gasteiger partial charge in [-0.05, 0) is 17.8 Å². The van der Waals surface area contributed by atoms with Gasteiger partial charge < -0.3 is 10.6 Å². The van der Waals surface area contributed by atoms with E-state index in [2.05, 4.69) is 17.2 Å². The van der Waals surface area contributed by atoms with Crippen LogP contribution in [0.2, 0.25) is 0 Å². The summed E-state index contributed by atoms with van der Waals surface area (Å²) in [5.41, 5.74) is 1.57. The summed E-state index contributed by atoms with van der Waals surface area (Å²) in [5.74, 6) is -0.777. The summed E-state index contributed by atoms with van der Waals surface area (Å²) >= 11 is 5.17. The summed E-state index contributed by atoms with van der Waals surface area (Å²) in [6, 6.07) is 14.5. The Morgan fingerprint density at radius 2 is 1.88 bits per heavy atom. The molecule has 0 bridgehead atoms. The molecule has 0 unspecified atom stereocenters. The molecule has 6 nitrogen and oxygen atoms in total. The van der Waals surface area contributed by atoms with Gasteiger partial charge in [-0.15, -0.1) is 0 Å². The van der Waals surface area contributed by atoms with E-state index in [4.69, 9.17) is 12.2 Å². The number of hydrogen-bond donors (Lipinski definition) is 2. The van der Waals surface area contributed by atoms with Crippen molar-refractivity contribution < 1.29 is 9.72 Å². The van der Waals surface area contributed by atoms with Crippen molar-refractivity contribution in [2.24, 2.45) is 5.92 Å². The van der Waals surface area contributed by atoms with E-state index in [1.807, 2.05) is 6.07 Å². The number of ketones is 1. The minimum Gasteiger partial charge on any atom is -0.354 e. The normalized spacial score (nSPS) is 19.7. The van der Waals surface area contributed by atoms with Crippen molar-refractivity contribution in [1.29, 1.82) is 0 Å². The minimum atomic E-state index is -0.642. The van der Waals surface area contributed by atoms with Gasteiger partial charge in [0.1, 0.15) is 0 Å². The smallest absolute Gasteiger partial charge is 0.269 e. The Morgan fingerprint density at radius 3 is 2.56 bits per heavy atom. The van der Waals surface area contributed by atoms with E-state index in [0.717, 1.165) is 0 Å². The zero-order valence-electron chi connectivity index (χ0n) is 13.1. The molecule has 1 saturated heterocycles. The van der Waals surface area contributed by atoms with Crippen LogP contribution in [0.25, 0.3) is 0 Å². The predicted octanol–water partition coefficient (Wildman–Crippen LogP) is 3.13. The fourth-order valence-electron chi connectivity index (χ4n) is 2.88. The van der Waals surface area contributed by atoms with Crippen molar-refractivity contribution in [2.45, 2.75) is 6.04 Å². The predicted molar refractivity (Wildman–Crippen MR) is 98.1 cm³/mol. The lowest BCUT2D eigenvalue weighted by molar-refractivity contribution is -0.384. The van der Waals surface area contributed by atoms with Crippen LogP contribution >= 0.6 is 12.2 Å². The molecule has 2 aromatic rings. The van der Waals surface area contributed by atoms with Gasteiger partial charge in [0, 0.05) is 23.4 Å². The van der Waals surface area contributed by atoms with Crippen molar-refractivity contribution in [3.05, 3.63) is 88.1 Å². The van der Waals surface area contributed by atoms with Gasteiger partial charge in [-0.25, -0.2) is 0 Å². The van der Waals surface area contributed by atoms with Crippen molar-refractivity contribution in [1.82, 2.24) is 10.6 Å². The number of benzene rings is 2. The van der Waals surface area contributed by atoms with Crippen LogP contribution in [-0.4, -0.2) is 15.8 Å². The van der Waals surface area contributed by atoms with E-state index in [1.54, 1.807) is 36.4 Å². The number of nitro benzene ring substituents is 1. The first-order chi connectivity index (χ1) is 12.0. The molecule has 25 heavy (non-hydrogen) atoms. The molecule has 2 aromatic carbocycles. The van der Waals surface area contributed by atoms with Gasteiger partial charge in [0.25, 0.3) is 5.69 Å². The van der Waals surface area contributed by atoms with Crippen LogP contribution in [-0.2, 0) is 0 Å². The quantitative estimate of drug-likeness (QED) is 0.380. The lowest BCUT2D eigenvalue weighted by Gasteiger charge is -2.35. The maximum atomic E-state index is 13.0. The maximum absolute atomic E-state index is 13.0. The third kappa shape index (κ3) is 3.41. The van der Waals surface area contributed by atoms with Gasteiger partial charge in [0.2, 0.25) is 0 Å². The number of nitro groups is 1. The van der Waals surface area contributed by atoms with Crippen molar-refractivity contribution in [3.63, 3.8) is 0 Å². The Labute approximate surface area is 149 Å². The highest BCUT2D eigenvalue weighted by Crippen LogP contribution is 2.33. The summed E-state index contributed by atoms with van der Waals surface area (Å²) in [6.07, 6.45) is 0. The van der Waals surface area contributed by atoms with E-state index in [0.29, 0.717) is 21.9 Å². The highest BCUT2D eigenvalue weighted by molar-refractivity contribution is 7.80. The van der Waals surface area contributed by atoms with Gasteiger partial charge in [-0.3, -0.25) is 14.9 Å². The fraction of sp³-hybridized carbons (Fsp3) is 0.111. The van der Waals surface area contributed by atoms with E-state index in [-0.39, 0.29) is 11.5 Å². The molecule has 126 valence electrons. The first-order valence-corrected chi connectivity index (χ1v) is 7.98. The first-order valence-electron chi connectivity index (χ1n) is 7.57. The molecule has 0 spiro atoms. The summed E-state index contributed by atoms with van der Waals surface area (Å²) in [6.45, 7) is 3.93. The summed E-state index contributed by atoms with van der Waals surface area (Å²) in [4.78, 5) is 23.6. The van der Waals surface area contributed by atoms with E-state index in [9.17, 15) is 14.9 Å². The van der Waals surface area contributed by atoms with E-state index in [1.165, 1.54) is 12.1 Å². The Hall–Kier alpha value is -3.06. The molecule has 0 aromatic heterocycles. The Morgan fingerprint density at radius 1 is 1.16 bits per heavy atom. The molecule has 0 saturated carbocycles. The number of non-ortho nitro benzene ring substituents is 1. The van der Waals surface area contributed by atoms with Crippen molar-refractivity contribution in [3.8, 4) is 0 Å². The molecule has 7 heteroatoms. The molecule has 2 atom stereocenters. The second kappa shape index (κ2) is 6.82. The SMILES string of the molecule is C=C1NC(=S)N[C@@H](c2cccc([N+](=O)[O-])c2)[C@H]1C(=O)c1ccccc1. The first kappa shape index (κ1) is 16.8. The van der Waals surface area contributed by atoms with Gasteiger partial charge in [-0.2, -0.15) is 0 Å². The van der Waals surface area contributed by atoms with E-state index >= 15 is 0 Å². The maximum Gasteiger partial charge on any atom is 0.269 e. The Balaban J connectivity index is 2.03. The lowest BCUT2D eigenvalue weighted by Crippen LogP contribution is -2.50. The second-order valence-corrected chi connectivity index (χ2v) is 6.07. The molecule has 1 aliphatic rings. The van der Waals surface area contributed by atoms with E-state index < -0.39 is 16.9 Å². The summed E-state index contributed by atoms with van der Waals surface area (Å²) in [5, 5.41) is 17.3. The number of carbonyl (C=O) groups is 1. The van der Waals surface area contributed by atoms with Gasteiger partial charge in [0.05, 0.1) is 16.9 Å². The third-order valence-electron chi connectivity index (χ3n) is 4.05. The van der Waals surface area contributed by atoms with Gasteiger partial charge in [-0.1, -0.05) is 49.0 Å². The van der Waals surface area contributed by atoms with Crippen LogP contribution < -0.4 is 10.6 Å². The number of Topliss-reactive ketones (excluding diaryl/α,β-unsaturated/α-hetero) is 1. The fourth-order valence-corrected chi connectivity index (χ4v) is 3.14. The molecule has 1 aliphatic heterocycles. The van der Waals surface area contributed by atoms with Crippen LogP contribution in [0.5, 0.6) is 0 Å². The second-order valence-electron chi connectivity index (χ2n) is 5.66. The molecular formula is C18H15N3O3S. The van der Waals surface area contributed by atoms with Crippen molar-refractivity contribution >= 4 is 28.8 Å². The largest absolute Gasteiger partial charge is 0.354 e.